The van der Waals surface area contributed by atoms with Crippen LogP contribution in [0.1, 0.15) is 17.2 Å². The van der Waals surface area contributed by atoms with E-state index in [1.54, 1.807) is 0 Å². The van der Waals surface area contributed by atoms with Crippen LogP contribution in [0.4, 0.5) is 5.82 Å². The number of aromatic nitrogens is 1. The van der Waals surface area contributed by atoms with Gasteiger partial charge in [-0.25, -0.2) is 4.98 Å². The molecule has 1 atom stereocenters. The zero-order valence-corrected chi connectivity index (χ0v) is 12.4. The van der Waals surface area contributed by atoms with Gasteiger partial charge in [-0.05, 0) is 24.2 Å². The molecule has 1 aromatic carbocycles. The van der Waals surface area contributed by atoms with Crippen LogP contribution >= 0.6 is 0 Å². The molecule has 1 aliphatic rings. The average Bonchev–Trinajstić information content (AvgIpc) is 2.56. The fourth-order valence-electron chi connectivity index (χ4n) is 2.66. The average molecular weight is 282 g/mol. The van der Waals surface area contributed by atoms with E-state index >= 15 is 0 Å². The Morgan fingerprint density at radius 1 is 0.952 bits per heavy atom. The Hall–Kier alpha value is -1.91. The molecule has 110 valence electrons. The summed E-state index contributed by atoms with van der Waals surface area (Å²) in [7, 11) is 2.16. The quantitative estimate of drug-likeness (QED) is 0.933. The minimum Gasteiger partial charge on any atom is -0.354 e. The number of anilines is 1. The maximum atomic E-state index is 6.30. The van der Waals surface area contributed by atoms with E-state index in [-0.39, 0.29) is 6.04 Å². The molecule has 2 heterocycles. The summed E-state index contributed by atoms with van der Waals surface area (Å²) in [4.78, 5) is 9.28. The number of piperazine rings is 1. The number of hydrogen-bond acceptors (Lipinski definition) is 4. The fraction of sp³-hybridized carbons (Fsp3) is 0.353. The summed E-state index contributed by atoms with van der Waals surface area (Å²) >= 11 is 0. The van der Waals surface area contributed by atoms with Crippen molar-refractivity contribution >= 4 is 5.82 Å². The predicted octanol–water partition coefficient (Wildman–Crippen LogP) is 1.88. The van der Waals surface area contributed by atoms with Crippen LogP contribution in [0, 0.1) is 0 Å². The van der Waals surface area contributed by atoms with Gasteiger partial charge in [-0.3, -0.25) is 0 Å². The molecule has 0 saturated carbocycles. The Bertz CT molecular complexity index is 559. The number of nitrogens with two attached hydrogens (primary N) is 1. The van der Waals surface area contributed by atoms with Crippen LogP contribution < -0.4 is 10.6 Å². The molecule has 4 heteroatoms. The van der Waals surface area contributed by atoms with E-state index in [9.17, 15) is 0 Å². The summed E-state index contributed by atoms with van der Waals surface area (Å²) in [6.45, 7) is 4.25. The van der Waals surface area contributed by atoms with Gasteiger partial charge >= 0.3 is 0 Å². The Kier molecular flexibility index (Phi) is 4.18. The summed E-state index contributed by atoms with van der Waals surface area (Å²) in [6.07, 6.45) is 1.91. The van der Waals surface area contributed by atoms with E-state index in [0.29, 0.717) is 0 Å². The topological polar surface area (TPSA) is 45.4 Å². The largest absolute Gasteiger partial charge is 0.354 e. The zero-order valence-electron chi connectivity index (χ0n) is 12.4. The Balaban J connectivity index is 1.72. The summed E-state index contributed by atoms with van der Waals surface area (Å²) in [5, 5.41) is 0. The van der Waals surface area contributed by atoms with E-state index in [2.05, 4.69) is 46.1 Å². The number of rotatable bonds is 3. The molecule has 21 heavy (non-hydrogen) atoms. The summed E-state index contributed by atoms with van der Waals surface area (Å²) in [6, 6.07) is 14.2. The SMILES string of the molecule is CN1CCN(c2ccc([C@@H](N)c3ccccc3)cn2)CC1. The van der Waals surface area contributed by atoms with E-state index in [1.165, 1.54) is 0 Å². The lowest BCUT2D eigenvalue weighted by Gasteiger charge is -2.33. The Morgan fingerprint density at radius 2 is 1.67 bits per heavy atom. The molecule has 4 nitrogen and oxygen atoms in total. The summed E-state index contributed by atoms with van der Waals surface area (Å²) < 4.78 is 0. The van der Waals surface area contributed by atoms with Gasteiger partial charge in [0.25, 0.3) is 0 Å². The molecule has 0 bridgehead atoms. The smallest absolute Gasteiger partial charge is 0.128 e. The molecule has 1 saturated heterocycles. The van der Waals surface area contributed by atoms with Gasteiger partial charge < -0.3 is 15.5 Å². The number of pyridine rings is 1. The minimum absolute atomic E-state index is 0.111. The second-order valence-electron chi connectivity index (χ2n) is 5.63. The standard InChI is InChI=1S/C17H22N4/c1-20-9-11-21(12-10-20)16-8-7-15(13-19-16)17(18)14-5-3-2-4-6-14/h2-8,13,17H,9-12,18H2,1H3/t17-/m0/s1. The van der Waals surface area contributed by atoms with Crippen LogP contribution in [-0.4, -0.2) is 43.1 Å². The second-order valence-corrected chi connectivity index (χ2v) is 5.63. The molecule has 1 aromatic heterocycles. The molecule has 3 rings (SSSR count). The summed E-state index contributed by atoms with van der Waals surface area (Å²) in [5.74, 6) is 1.05. The van der Waals surface area contributed by atoms with E-state index in [4.69, 9.17) is 5.73 Å². The van der Waals surface area contributed by atoms with Crippen molar-refractivity contribution in [1.82, 2.24) is 9.88 Å². The van der Waals surface area contributed by atoms with Crippen molar-refractivity contribution < 1.29 is 0 Å². The third kappa shape index (κ3) is 3.23. The van der Waals surface area contributed by atoms with Gasteiger partial charge in [0.1, 0.15) is 5.82 Å². The van der Waals surface area contributed by atoms with Crippen molar-refractivity contribution in [3.05, 3.63) is 59.8 Å². The van der Waals surface area contributed by atoms with Gasteiger partial charge in [0.2, 0.25) is 0 Å². The number of benzene rings is 1. The highest BCUT2D eigenvalue weighted by Crippen LogP contribution is 2.21. The van der Waals surface area contributed by atoms with Crippen molar-refractivity contribution in [2.45, 2.75) is 6.04 Å². The molecule has 0 aliphatic carbocycles. The van der Waals surface area contributed by atoms with Gasteiger partial charge in [-0.2, -0.15) is 0 Å². The molecular formula is C17H22N4. The Morgan fingerprint density at radius 3 is 2.29 bits per heavy atom. The first-order chi connectivity index (χ1) is 10.2. The van der Waals surface area contributed by atoms with Gasteiger partial charge in [0.05, 0.1) is 6.04 Å². The predicted molar refractivity (Wildman–Crippen MR) is 86.4 cm³/mol. The van der Waals surface area contributed by atoms with Crippen LogP contribution in [0.5, 0.6) is 0 Å². The normalized spacial score (nSPS) is 17.7. The monoisotopic (exact) mass is 282 g/mol. The molecule has 0 spiro atoms. The zero-order chi connectivity index (χ0) is 14.7. The summed E-state index contributed by atoms with van der Waals surface area (Å²) in [5.41, 5.74) is 8.47. The fourth-order valence-corrected chi connectivity index (χ4v) is 2.66. The van der Waals surface area contributed by atoms with Gasteiger partial charge in [0, 0.05) is 32.4 Å². The highest BCUT2D eigenvalue weighted by atomic mass is 15.3. The van der Waals surface area contributed by atoms with Gasteiger partial charge in [0.15, 0.2) is 0 Å². The van der Waals surface area contributed by atoms with E-state index in [0.717, 1.165) is 43.1 Å². The van der Waals surface area contributed by atoms with Crippen LogP contribution in [0.15, 0.2) is 48.7 Å². The lowest BCUT2D eigenvalue weighted by atomic mass is 10.0. The van der Waals surface area contributed by atoms with Crippen molar-refractivity contribution in [2.75, 3.05) is 38.1 Å². The van der Waals surface area contributed by atoms with Crippen molar-refractivity contribution in [3.63, 3.8) is 0 Å². The van der Waals surface area contributed by atoms with Crippen LogP contribution in [0.2, 0.25) is 0 Å². The first kappa shape index (κ1) is 14.0. The molecule has 0 unspecified atom stereocenters. The lowest BCUT2D eigenvalue weighted by molar-refractivity contribution is 0.312. The molecule has 0 amide bonds. The minimum atomic E-state index is -0.111. The third-order valence-corrected chi connectivity index (χ3v) is 4.12. The van der Waals surface area contributed by atoms with Crippen LogP contribution in [-0.2, 0) is 0 Å². The molecule has 2 aromatic rings. The van der Waals surface area contributed by atoms with Gasteiger partial charge in [-0.15, -0.1) is 0 Å². The Labute approximate surface area is 126 Å². The highest BCUT2D eigenvalue weighted by Gasteiger charge is 2.16. The van der Waals surface area contributed by atoms with Crippen molar-refractivity contribution in [1.29, 1.82) is 0 Å². The van der Waals surface area contributed by atoms with E-state index < -0.39 is 0 Å². The third-order valence-electron chi connectivity index (χ3n) is 4.12. The molecular weight excluding hydrogens is 260 g/mol. The van der Waals surface area contributed by atoms with Crippen LogP contribution in [0.25, 0.3) is 0 Å². The number of likely N-dealkylation sites (N-methyl/N-ethyl adjacent to an activating group) is 1. The number of nitrogens with zero attached hydrogens (tertiary/aromatic N) is 3. The van der Waals surface area contributed by atoms with Crippen molar-refractivity contribution in [3.8, 4) is 0 Å². The first-order valence-electron chi connectivity index (χ1n) is 7.44. The van der Waals surface area contributed by atoms with Crippen molar-refractivity contribution in [2.24, 2.45) is 5.73 Å². The molecule has 1 aliphatic heterocycles. The number of hydrogen-bond donors (Lipinski definition) is 1. The second kappa shape index (κ2) is 6.24. The molecule has 1 fully saturated rings. The lowest BCUT2D eigenvalue weighted by Crippen LogP contribution is -2.44. The maximum Gasteiger partial charge on any atom is 0.128 e. The highest BCUT2D eigenvalue weighted by molar-refractivity contribution is 5.41. The van der Waals surface area contributed by atoms with Crippen LogP contribution in [0.3, 0.4) is 0 Å². The molecule has 2 N–H and O–H groups in total. The maximum absolute atomic E-state index is 6.30. The first-order valence-corrected chi connectivity index (χ1v) is 7.44. The van der Waals surface area contributed by atoms with Gasteiger partial charge in [-0.1, -0.05) is 36.4 Å². The molecule has 0 radical (unpaired) electrons. The van der Waals surface area contributed by atoms with E-state index in [1.807, 2.05) is 24.4 Å².